The third kappa shape index (κ3) is 3.86. The van der Waals surface area contributed by atoms with Crippen LogP contribution in [0.3, 0.4) is 0 Å². The van der Waals surface area contributed by atoms with Crippen molar-refractivity contribution in [2.24, 2.45) is 0 Å². The molecule has 0 spiro atoms. The summed E-state index contributed by atoms with van der Waals surface area (Å²) in [4.78, 5) is 0. The molecule has 0 heterocycles. The Balaban J connectivity index is 2.48. The normalized spacial score (nSPS) is 12.9. The third-order valence-electron chi connectivity index (χ3n) is 3.25. The Morgan fingerprint density at radius 2 is 1.57 bits per heavy atom. The largest absolute Gasteiger partial charge is 0.497 e. The maximum atomic E-state index is 10.0. The SMILES string of the molecule is COc1cc(/C=C(/c2ccccc2)C(C)O)cc(OC)c1. The number of hydrogen-bond donors (Lipinski definition) is 1. The molecule has 0 saturated carbocycles. The molecule has 3 heteroatoms. The van der Waals surface area contributed by atoms with Gasteiger partial charge in [-0.05, 0) is 41.8 Å². The van der Waals surface area contributed by atoms with Gasteiger partial charge in [-0.25, -0.2) is 0 Å². The molecule has 3 nitrogen and oxygen atoms in total. The van der Waals surface area contributed by atoms with E-state index < -0.39 is 6.10 Å². The summed E-state index contributed by atoms with van der Waals surface area (Å²) in [5, 5.41) is 10.0. The molecule has 0 aliphatic carbocycles. The smallest absolute Gasteiger partial charge is 0.123 e. The molecule has 0 radical (unpaired) electrons. The topological polar surface area (TPSA) is 38.7 Å². The monoisotopic (exact) mass is 284 g/mol. The first-order valence-electron chi connectivity index (χ1n) is 6.82. The Morgan fingerprint density at radius 1 is 1.00 bits per heavy atom. The van der Waals surface area contributed by atoms with E-state index in [1.807, 2.05) is 54.6 Å². The lowest BCUT2D eigenvalue weighted by atomic mass is 9.98. The summed E-state index contributed by atoms with van der Waals surface area (Å²) in [7, 11) is 3.24. The number of benzene rings is 2. The second-order valence-corrected chi connectivity index (χ2v) is 4.79. The molecule has 110 valence electrons. The standard InChI is InChI=1S/C18H20O3/c1-13(19)18(15-7-5-4-6-8-15)11-14-9-16(20-2)12-17(10-14)21-3/h4-13,19H,1-3H3/b18-11+. The molecular weight excluding hydrogens is 264 g/mol. The van der Waals surface area contributed by atoms with Crippen LogP contribution in [0.15, 0.2) is 48.5 Å². The first-order valence-corrected chi connectivity index (χ1v) is 6.82. The summed E-state index contributed by atoms with van der Waals surface area (Å²) < 4.78 is 10.5. The van der Waals surface area contributed by atoms with Gasteiger partial charge in [-0.2, -0.15) is 0 Å². The molecule has 0 aromatic heterocycles. The van der Waals surface area contributed by atoms with Crippen LogP contribution in [0.25, 0.3) is 11.6 Å². The van der Waals surface area contributed by atoms with E-state index in [0.717, 1.165) is 28.2 Å². The van der Waals surface area contributed by atoms with Gasteiger partial charge in [0.25, 0.3) is 0 Å². The van der Waals surface area contributed by atoms with Crippen LogP contribution in [-0.4, -0.2) is 25.4 Å². The average Bonchev–Trinajstić information content (AvgIpc) is 2.52. The Morgan fingerprint density at radius 3 is 2.05 bits per heavy atom. The highest BCUT2D eigenvalue weighted by atomic mass is 16.5. The van der Waals surface area contributed by atoms with Gasteiger partial charge in [0.1, 0.15) is 11.5 Å². The number of aliphatic hydroxyl groups excluding tert-OH is 1. The zero-order valence-corrected chi connectivity index (χ0v) is 12.5. The van der Waals surface area contributed by atoms with E-state index in [2.05, 4.69) is 0 Å². The van der Waals surface area contributed by atoms with Crippen molar-refractivity contribution in [1.82, 2.24) is 0 Å². The highest BCUT2D eigenvalue weighted by Gasteiger charge is 2.09. The molecule has 0 aliphatic rings. The minimum Gasteiger partial charge on any atom is -0.497 e. The van der Waals surface area contributed by atoms with E-state index in [9.17, 15) is 5.11 Å². The molecule has 0 fully saturated rings. The van der Waals surface area contributed by atoms with Gasteiger partial charge in [0, 0.05) is 6.07 Å². The van der Waals surface area contributed by atoms with Crippen LogP contribution in [-0.2, 0) is 0 Å². The first kappa shape index (κ1) is 15.1. The van der Waals surface area contributed by atoms with Crippen molar-refractivity contribution in [2.75, 3.05) is 14.2 Å². The molecule has 0 saturated heterocycles. The molecule has 2 aromatic carbocycles. The fourth-order valence-electron chi connectivity index (χ4n) is 2.17. The summed E-state index contributed by atoms with van der Waals surface area (Å²) in [5.74, 6) is 1.44. The lowest BCUT2D eigenvalue weighted by molar-refractivity contribution is 0.254. The Labute approximate surface area is 125 Å². The van der Waals surface area contributed by atoms with Gasteiger partial charge >= 0.3 is 0 Å². The summed E-state index contributed by atoms with van der Waals surface area (Å²) in [6, 6.07) is 15.5. The van der Waals surface area contributed by atoms with Gasteiger partial charge in [-0.3, -0.25) is 0 Å². The zero-order valence-electron chi connectivity index (χ0n) is 12.5. The quantitative estimate of drug-likeness (QED) is 0.852. The van der Waals surface area contributed by atoms with Crippen molar-refractivity contribution in [3.05, 3.63) is 59.7 Å². The van der Waals surface area contributed by atoms with Crippen molar-refractivity contribution in [1.29, 1.82) is 0 Å². The van der Waals surface area contributed by atoms with E-state index in [0.29, 0.717) is 0 Å². The number of rotatable bonds is 5. The van der Waals surface area contributed by atoms with Crippen molar-refractivity contribution in [3.63, 3.8) is 0 Å². The van der Waals surface area contributed by atoms with Crippen LogP contribution in [0.2, 0.25) is 0 Å². The summed E-state index contributed by atoms with van der Waals surface area (Å²) in [5.41, 5.74) is 2.77. The number of aliphatic hydroxyl groups is 1. The second-order valence-electron chi connectivity index (χ2n) is 4.79. The van der Waals surface area contributed by atoms with Gasteiger partial charge in [-0.1, -0.05) is 30.3 Å². The molecule has 21 heavy (non-hydrogen) atoms. The molecule has 0 amide bonds. The highest BCUT2D eigenvalue weighted by molar-refractivity contribution is 5.84. The van der Waals surface area contributed by atoms with Crippen molar-refractivity contribution in [2.45, 2.75) is 13.0 Å². The van der Waals surface area contributed by atoms with Crippen LogP contribution >= 0.6 is 0 Å². The number of methoxy groups -OCH3 is 2. The molecule has 2 aromatic rings. The highest BCUT2D eigenvalue weighted by Crippen LogP contribution is 2.27. The molecule has 0 bridgehead atoms. The molecule has 0 aliphatic heterocycles. The molecule has 2 rings (SSSR count). The summed E-state index contributed by atoms with van der Waals surface area (Å²) in [6.07, 6.45) is 1.38. The van der Waals surface area contributed by atoms with E-state index in [1.54, 1.807) is 21.1 Å². The van der Waals surface area contributed by atoms with Crippen molar-refractivity contribution < 1.29 is 14.6 Å². The molecule has 1 unspecified atom stereocenters. The summed E-state index contributed by atoms with van der Waals surface area (Å²) >= 11 is 0. The molecule has 1 N–H and O–H groups in total. The van der Waals surface area contributed by atoms with E-state index in [1.165, 1.54) is 0 Å². The number of hydrogen-bond acceptors (Lipinski definition) is 3. The minimum atomic E-state index is -0.565. The first-order chi connectivity index (χ1) is 10.1. The van der Waals surface area contributed by atoms with Crippen molar-refractivity contribution >= 4 is 11.6 Å². The molecular formula is C18H20O3. The number of ether oxygens (including phenoxy) is 2. The second kappa shape index (κ2) is 6.95. The maximum Gasteiger partial charge on any atom is 0.123 e. The zero-order chi connectivity index (χ0) is 15.2. The fraction of sp³-hybridized carbons (Fsp3) is 0.222. The predicted octanol–water partition coefficient (Wildman–Crippen LogP) is 3.63. The fourth-order valence-corrected chi connectivity index (χ4v) is 2.17. The van der Waals surface area contributed by atoms with E-state index in [4.69, 9.17) is 9.47 Å². The van der Waals surface area contributed by atoms with Gasteiger partial charge in [0.05, 0.1) is 20.3 Å². The van der Waals surface area contributed by atoms with E-state index in [-0.39, 0.29) is 0 Å². The van der Waals surface area contributed by atoms with Crippen molar-refractivity contribution in [3.8, 4) is 11.5 Å². The minimum absolute atomic E-state index is 0.565. The summed E-state index contributed by atoms with van der Waals surface area (Å²) in [6.45, 7) is 1.76. The van der Waals surface area contributed by atoms with Crippen LogP contribution in [0.1, 0.15) is 18.1 Å². The lowest BCUT2D eigenvalue weighted by Crippen LogP contribution is -2.03. The lowest BCUT2D eigenvalue weighted by Gasteiger charge is -2.12. The van der Waals surface area contributed by atoms with Gasteiger partial charge in [0.15, 0.2) is 0 Å². The molecule has 1 atom stereocenters. The Hall–Kier alpha value is -2.26. The van der Waals surface area contributed by atoms with Gasteiger partial charge in [-0.15, -0.1) is 0 Å². The third-order valence-corrected chi connectivity index (χ3v) is 3.25. The average molecular weight is 284 g/mol. The van der Waals surface area contributed by atoms with Crippen LogP contribution in [0.4, 0.5) is 0 Å². The van der Waals surface area contributed by atoms with Gasteiger partial charge in [0.2, 0.25) is 0 Å². The van der Waals surface area contributed by atoms with Crippen LogP contribution in [0, 0.1) is 0 Å². The maximum absolute atomic E-state index is 10.0. The van der Waals surface area contributed by atoms with Crippen LogP contribution < -0.4 is 9.47 Å². The predicted molar refractivity (Wildman–Crippen MR) is 85.5 cm³/mol. The Bertz CT molecular complexity index is 593. The van der Waals surface area contributed by atoms with E-state index >= 15 is 0 Å². The van der Waals surface area contributed by atoms with Gasteiger partial charge < -0.3 is 14.6 Å². The Kier molecular flexibility index (Phi) is 5.01. The van der Waals surface area contributed by atoms with Crippen LogP contribution in [0.5, 0.6) is 11.5 Å².